The standard InChI is InChI=1S/C12H16N6/c1-2-5-15-12-9-16-11(8-17-12)10-18(6-3-13)7-4-14/h8-9H,2,5-7,10H2,1H3,(H,15,17). The number of hydrogen-bond donors (Lipinski definition) is 1. The molecule has 1 heterocycles. The lowest BCUT2D eigenvalue weighted by Gasteiger charge is -2.14. The topological polar surface area (TPSA) is 88.6 Å². The molecule has 6 nitrogen and oxygen atoms in total. The highest BCUT2D eigenvalue weighted by Crippen LogP contribution is 2.04. The van der Waals surface area contributed by atoms with E-state index in [0.717, 1.165) is 24.5 Å². The normalized spacial score (nSPS) is 9.78. The van der Waals surface area contributed by atoms with Gasteiger partial charge in [-0.25, -0.2) is 4.98 Å². The molecule has 0 unspecified atom stereocenters. The minimum Gasteiger partial charge on any atom is -0.369 e. The first-order valence-electron chi connectivity index (χ1n) is 5.81. The molecule has 18 heavy (non-hydrogen) atoms. The first kappa shape index (κ1) is 13.9. The van der Waals surface area contributed by atoms with Gasteiger partial charge in [-0.05, 0) is 6.42 Å². The third-order valence-electron chi connectivity index (χ3n) is 2.24. The van der Waals surface area contributed by atoms with Crippen LogP contribution in [-0.4, -0.2) is 34.5 Å². The number of hydrogen-bond acceptors (Lipinski definition) is 6. The summed E-state index contributed by atoms with van der Waals surface area (Å²) in [7, 11) is 0. The van der Waals surface area contributed by atoms with E-state index in [1.807, 2.05) is 12.1 Å². The molecule has 0 fully saturated rings. The Bertz CT molecular complexity index is 411. The highest BCUT2D eigenvalue weighted by molar-refractivity contribution is 5.30. The van der Waals surface area contributed by atoms with Crippen LogP contribution in [0.4, 0.5) is 5.82 Å². The van der Waals surface area contributed by atoms with Gasteiger partial charge >= 0.3 is 0 Å². The van der Waals surface area contributed by atoms with E-state index in [1.165, 1.54) is 0 Å². The van der Waals surface area contributed by atoms with Gasteiger partial charge < -0.3 is 5.32 Å². The second-order valence-electron chi connectivity index (χ2n) is 3.78. The molecule has 0 atom stereocenters. The summed E-state index contributed by atoms with van der Waals surface area (Å²) in [6, 6.07) is 4.05. The third kappa shape index (κ3) is 4.77. The second-order valence-corrected chi connectivity index (χ2v) is 3.78. The quantitative estimate of drug-likeness (QED) is 0.724. The van der Waals surface area contributed by atoms with Crippen LogP contribution in [0.1, 0.15) is 19.0 Å². The van der Waals surface area contributed by atoms with Crippen LogP contribution >= 0.6 is 0 Å². The van der Waals surface area contributed by atoms with E-state index >= 15 is 0 Å². The lowest BCUT2D eigenvalue weighted by Crippen LogP contribution is -2.24. The van der Waals surface area contributed by atoms with E-state index in [2.05, 4.69) is 22.2 Å². The third-order valence-corrected chi connectivity index (χ3v) is 2.24. The molecule has 6 heteroatoms. The lowest BCUT2D eigenvalue weighted by atomic mass is 10.4. The van der Waals surface area contributed by atoms with Gasteiger partial charge in [-0.15, -0.1) is 0 Å². The fraction of sp³-hybridized carbons (Fsp3) is 0.500. The second kappa shape index (κ2) is 7.99. The van der Waals surface area contributed by atoms with Gasteiger partial charge in [0.1, 0.15) is 5.82 Å². The number of nitrogens with one attached hydrogen (secondary N) is 1. The number of anilines is 1. The van der Waals surface area contributed by atoms with Crippen molar-refractivity contribution in [2.24, 2.45) is 0 Å². The Labute approximate surface area is 107 Å². The van der Waals surface area contributed by atoms with E-state index in [4.69, 9.17) is 10.5 Å². The van der Waals surface area contributed by atoms with Crippen molar-refractivity contribution in [3.8, 4) is 12.1 Å². The van der Waals surface area contributed by atoms with Crippen molar-refractivity contribution in [3.63, 3.8) is 0 Å². The molecule has 0 saturated carbocycles. The molecule has 0 aliphatic carbocycles. The van der Waals surface area contributed by atoms with Crippen molar-refractivity contribution in [1.29, 1.82) is 10.5 Å². The van der Waals surface area contributed by atoms with Crippen molar-refractivity contribution in [2.45, 2.75) is 19.9 Å². The van der Waals surface area contributed by atoms with E-state index in [0.29, 0.717) is 6.54 Å². The maximum atomic E-state index is 8.64. The number of nitriles is 2. The summed E-state index contributed by atoms with van der Waals surface area (Å²) in [5.74, 6) is 0.743. The van der Waals surface area contributed by atoms with Crippen LogP contribution in [0.2, 0.25) is 0 Å². The summed E-state index contributed by atoms with van der Waals surface area (Å²) < 4.78 is 0. The summed E-state index contributed by atoms with van der Waals surface area (Å²) in [5.41, 5.74) is 0.752. The fourth-order valence-corrected chi connectivity index (χ4v) is 1.38. The maximum Gasteiger partial charge on any atom is 0.144 e. The van der Waals surface area contributed by atoms with Crippen molar-refractivity contribution < 1.29 is 0 Å². The predicted molar refractivity (Wildman–Crippen MR) is 67.3 cm³/mol. The predicted octanol–water partition coefficient (Wildman–Crippen LogP) is 1.15. The summed E-state index contributed by atoms with van der Waals surface area (Å²) in [6.07, 6.45) is 4.36. The van der Waals surface area contributed by atoms with Gasteiger partial charge in [0.15, 0.2) is 0 Å². The van der Waals surface area contributed by atoms with Crippen molar-refractivity contribution in [3.05, 3.63) is 18.1 Å². The molecule has 1 aromatic rings. The molecule has 0 spiro atoms. The molecule has 0 aliphatic rings. The summed E-state index contributed by atoms with van der Waals surface area (Å²) in [6.45, 7) is 3.83. The SMILES string of the molecule is CCCNc1cnc(CN(CC#N)CC#N)cn1. The van der Waals surface area contributed by atoms with Crippen LogP contribution in [0.5, 0.6) is 0 Å². The largest absolute Gasteiger partial charge is 0.369 e. The molecule has 0 saturated heterocycles. The summed E-state index contributed by atoms with van der Waals surface area (Å²) >= 11 is 0. The number of nitrogens with zero attached hydrogens (tertiary/aromatic N) is 5. The Morgan fingerprint density at radius 3 is 2.44 bits per heavy atom. The van der Waals surface area contributed by atoms with Crippen LogP contribution in [0.25, 0.3) is 0 Å². The monoisotopic (exact) mass is 244 g/mol. The van der Waals surface area contributed by atoms with E-state index < -0.39 is 0 Å². The van der Waals surface area contributed by atoms with E-state index in [-0.39, 0.29) is 13.1 Å². The van der Waals surface area contributed by atoms with Gasteiger partial charge in [0.2, 0.25) is 0 Å². The average Bonchev–Trinajstić information content (AvgIpc) is 2.38. The Morgan fingerprint density at radius 1 is 1.22 bits per heavy atom. The molecule has 1 N–H and O–H groups in total. The maximum absolute atomic E-state index is 8.64. The Morgan fingerprint density at radius 2 is 1.94 bits per heavy atom. The zero-order valence-electron chi connectivity index (χ0n) is 10.4. The Kier molecular flexibility index (Phi) is 6.16. The van der Waals surface area contributed by atoms with Gasteiger partial charge in [-0.3, -0.25) is 9.88 Å². The first-order valence-corrected chi connectivity index (χ1v) is 5.81. The van der Waals surface area contributed by atoms with E-state index in [9.17, 15) is 0 Å². The highest BCUT2D eigenvalue weighted by atomic mass is 15.1. The zero-order valence-corrected chi connectivity index (χ0v) is 10.4. The minimum absolute atomic E-state index is 0.213. The van der Waals surface area contributed by atoms with Gasteiger partial charge in [0, 0.05) is 13.1 Å². The molecule has 94 valence electrons. The summed E-state index contributed by atoms with van der Waals surface area (Å²) in [4.78, 5) is 10.2. The van der Waals surface area contributed by atoms with Gasteiger partial charge in [0.25, 0.3) is 0 Å². The Balaban J connectivity index is 2.56. The Hall–Kier alpha value is -2.18. The molecule has 0 bridgehead atoms. The van der Waals surface area contributed by atoms with Crippen molar-refractivity contribution >= 4 is 5.82 Å². The van der Waals surface area contributed by atoms with Gasteiger partial charge in [-0.2, -0.15) is 10.5 Å². The first-order chi connectivity index (χ1) is 8.80. The molecule has 1 aromatic heterocycles. The van der Waals surface area contributed by atoms with E-state index in [1.54, 1.807) is 17.3 Å². The minimum atomic E-state index is 0.213. The smallest absolute Gasteiger partial charge is 0.144 e. The van der Waals surface area contributed by atoms with Crippen LogP contribution in [0.15, 0.2) is 12.4 Å². The lowest BCUT2D eigenvalue weighted by molar-refractivity contribution is 0.330. The van der Waals surface area contributed by atoms with Crippen LogP contribution in [-0.2, 0) is 6.54 Å². The molecule has 0 amide bonds. The molecule has 0 radical (unpaired) electrons. The fourth-order valence-electron chi connectivity index (χ4n) is 1.38. The number of aromatic nitrogens is 2. The van der Waals surface area contributed by atoms with Gasteiger partial charge in [0.05, 0.1) is 43.3 Å². The molecule has 0 aliphatic heterocycles. The molecular weight excluding hydrogens is 228 g/mol. The van der Waals surface area contributed by atoms with Crippen LogP contribution < -0.4 is 5.32 Å². The summed E-state index contributed by atoms with van der Waals surface area (Å²) in [5, 5.41) is 20.4. The molecule has 0 aromatic carbocycles. The molecule has 1 rings (SSSR count). The number of rotatable bonds is 7. The van der Waals surface area contributed by atoms with Crippen molar-refractivity contribution in [1.82, 2.24) is 14.9 Å². The van der Waals surface area contributed by atoms with Gasteiger partial charge in [-0.1, -0.05) is 6.92 Å². The van der Waals surface area contributed by atoms with Crippen LogP contribution in [0, 0.1) is 22.7 Å². The molecular formula is C12H16N6. The zero-order chi connectivity index (χ0) is 13.2. The highest BCUT2D eigenvalue weighted by Gasteiger charge is 2.06. The average molecular weight is 244 g/mol. The van der Waals surface area contributed by atoms with Crippen molar-refractivity contribution in [2.75, 3.05) is 25.0 Å². The van der Waals surface area contributed by atoms with Crippen LogP contribution in [0.3, 0.4) is 0 Å².